The summed E-state index contributed by atoms with van der Waals surface area (Å²) in [4.78, 5) is 32.9. The van der Waals surface area contributed by atoms with E-state index in [4.69, 9.17) is 11.6 Å². The van der Waals surface area contributed by atoms with Gasteiger partial charge in [-0.05, 0) is 76.2 Å². The van der Waals surface area contributed by atoms with E-state index in [0.717, 1.165) is 5.56 Å². The first-order valence-electron chi connectivity index (χ1n) is 12.1. The summed E-state index contributed by atoms with van der Waals surface area (Å²) in [7, 11) is 0. The molecule has 0 aliphatic heterocycles. The average molecular weight is 556 g/mol. The highest BCUT2D eigenvalue weighted by molar-refractivity contribution is 6.31. The molecule has 10 nitrogen and oxygen atoms in total. The minimum Gasteiger partial charge on any atom is -0.478 e. The van der Waals surface area contributed by atoms with Crippen LogP contribution in [-0.4, -0.2) is 45.8 Å². The Labute approximate surface area is 230 Å². The number of imidazole rings is 1. The second-order valence-electron chi connectivity index (χ2n) is 9.08. The molecular weight excluding hydrogens is 537 g/mol. The Morgan fingerprint density at radius 2 is 1.88 bits per heavy atom. The number of carboxylic acid groups (broad SMARTS) is 1. The summed E-state index contributed by atoms with van der Waals surface area (Å²) in [5.74, 6) is -0.983. The largest absolute Gasteiger partial charge is 0.478 e. The van der Waals surface area contributed by atoms with Gasteiger partial charge in [0.25, 0.3) is 5.56 Å². The SMILES string of the molecule is O=C(O)c1ccc2[nH]c([C@H](Cc3ccc(F)cc3)n3ccc(-c4cc(Cl)ccc4-n4cnnn4)cc3=O)nc2c1. The minimum atomic E-state index is -1.07. The molecule has 0 amide bonds. The normalized spacial score (nSPS) is 12.1. The zero-order valence-corrected chi connectivity index (χ0v) is 21.3. The van der Waals surface area contributed by atoms with Crippen LogP contribution in [0.2, 0.25) is 5.02 Å². The second kappa shape index (κ2) is 10.2. The molecule has 6 rings (SSSR count). The Balaban J connectivity index is 1.45. The number of nitrogens with one attached hydrogen (secondary N) is 1. The molecule has 0 saturated heterocycles. The first kappa shape index (κ1) is 25.1. The first-order valence-corrected chi connectivity index (χ1v) is 12.5. The zero-order chi connectivity index (χ0) is 27.8. The van der Waals surface area contributed by atoms with Crippen molar-refractivity contribution >= 4 is 28.6 Å². The summed E-state index contributed by atoms with van der Waals surface area (Å²) < 4.78 is 16.6. The molecular formula is C28H19ClFN7O3. The number of aromatic amines is 1. The number of aromatic nitrogens is 7. The third-order valence-electron chi connectivity index (χ3n) is 6.56. The van der Waals surface area contributed by atoms with Gasteiger partial charge in [-0.15, -0.1) is 5.10 Å². The molecule has 198 valence electrons. The molecule has 0 radical (unpaired) electrons. The molecule has 0 saturated carbocycles. The molecule has 3 aromatic carbocycles. The lowest BCUT2D eigenvalue weighted by Crippen LogP contribution is -2.27. The highest BCUT2D eigenvalue weighted by Gasteiger charge is 2.21. The van der Waals surface area contributed by atoms with E-state index in [1.54, 1.807) is 48.7 Å². The number of hydrogen-bond donors (Lipinski definition) is 2. The fraction of sp³-hybridized carbons (Fsp3) is 0.0714. The summed E-state index contributed by atoms with van der Waals surface area (Å²) in [6.45, 7) is 0. The summed E-state index contributed by atoms with van der Waals surface area (Å²) >= 11 is 6.28. The summed E-state index contributed by atoms with van der Waals surface area (Å²) in [5.41, 5.74) is 3.54. The van der Waals surface area contributed by atoms with E-state index in [1.165, 1.54) is 45.9 Å². The van der Waals surface area contributed by atoms with Crippen LogP contribution in [0.3, 0.4) is 0 Å². The highest BCUT2D eigenvalue weighted by atomic mass is 35.5. The lowest BCUT2D eigenvalue weighted by Gasteiger charge is -2.19. The van der Waals surface area contributed by atoms with Gasteiger partial charge in [0.2, 0.25) is 0 Å². The third kappa shape index (κ3) is 4.85. The molecule has 0 aliphatic carbocycles. The standard InChI is InChI=1S/C28H19ClFN7O3/c29-19-4-8-24(37-15-31-34-35-37)21(14-19)17-9-10-36(26(38)13-17)25(11-16-1-5-20(30)6-2-16)27-32-22-7-3-18(28(39)40)12-23(22)33-27/h1-10,12-15,25H,11H2,(H,32,33)(H,39,40)/t25-/m0/s1. The van der Waals surface area contributed by atoms with E-state index in [-0.39, 0.29) is 16.9 Å². The van der Waals surface area contributed by atoms with Gasteiger partial charge in [0, 0.05) is 29.3 Å². The van der Waals surface area contributed by atoms with E-state index in [1.807, 2.05) is 0 Å². The summed E-state index contributed by atoms with van der Waals surface area (Å²) in [6.07, 6.45) is 3.42. The van der Waals surface area contributed by atoms with E-state index < -0.39 is 12.0 Å². The number of carboxylic acids is 1. The van der Waals surface area contributed by atoms with Gasteiger partial charge < -0.3 is 14.7 Å². The molecule has 6 aromatic rings. The van der Waals surface area contributed by atoms with Crippen molar-refractivity contribution in [1.29, 1.82) is 0 Å². The molecule has 0 unspecified atom stereocenters. The Hall–Kier alpha value is -5.16. The predicted octanol–water partition coefficient (Wildman–Crippen LogP) is 4.69. The van der Waals surface area contributed by atoms with Gasteiger partial charge in [0.05, 0.1) is 28.3 Å². The van der Waals surface area contributed by atoms with Gasteiger partial charge in [0.15, 0.2) is 0 Å². The van der Waals surface area contributed by atoms with Crippen LogP contribution in [0.25, 0.3) is 27.8 Å². The third-order valence-corrected chi connectivity index (χ3v) is 6.79. The molecule has 0 spiro atoms. The van der Waals surface area contributed by atoms with Crippen molar-refractivity contribution in [3.8, 4) is 16.8 Å². The highest BCUT2D eigenvalue weighted by Crippen LogP contribution is 2.30. The lowest BCUT2D eigenvalue weighted by molar-refractivity contribution is 0.0697. The van der Waals surface area contributed by atoms with Crippen LogP contribution < -0.4 is 5.56 Å². The zero-order valence-electron chi connectivity index (χ0n) is 20.6. The van der Waals surface area contributed by atoms with Gasteiger partial charge in [-0.2, -0.15) is 4.68 Å². The molecule has 3 aromatic heterocycles. The molecule has 40 heavy (non-hydrogen) atoms. The number of benzene rings is 3. The van der Waals surface area contributed by atoms with Crippen LogP contribution in [-0.2, 0) is 6.42 Å². The van der Waals surface area contributed by atoms with Crippen LogP contribution in [0.5, 0.6) is 0 Å². The molecule has 0 aliphatic rings. The van der Waals surface area contributed by atoms with Crippen LogP contribution in [0.1, 0.15) is 27.8 Å². The molecule has 1 atom stereocenters. The van der Waals surface area contributed by atoms with Crippen LogP contribution >= 0.6 is 11.6 Å². The number of hydrogen-bond acceptors (Lipinski definition) is 6. The summed E-state index contributed by atoms with van der Waals surface area (Å²) in [6, 6.07) is 18.5. The number of nitrogens with zero attached hydrogens (tertiary/aromatic N) is 6. The fourth-order valence-corrected chi connectivity index (χ4v) is 4.78. The molecule has 2 N–H and O–H groups in total. The monoisotopic (exact) mass is 555 g/mol. The number of aromatic carboxylic acids is 1. The maximum atomic E-state index is 13.6. The van der Waals surface area contributed by atoms with Gasteiger partial charge in [-0.1, -0.05) is 23.7 Å². The number of fused-ring (bicyclic) bond motifs is 1. The summed E-state index contributed by atoms with van der Waals surface area (Å²) in [5, 5.41) is 21.2. The second-order valence-corrected chi connectivity index (χ2v) is 9.52. The van der Waals surface area contributed by atoms with E-state index in [2.05, 4.69) is 25.5 Å². The maximum Gasteiger partial charge on any atom is 0.335 e. The molecule has 0 fully saturated rings. The number of H-pyrrole nitrogens is 1. The molecule has 3 heterocycles. The van der Waals surface area contributed by atoms with Crippen molar-refractivity contribution in [2.24, 2.45) is 0 Å². The fourth-order valence-electron chi connectivity index (χ4n) is 4.61. The Morgan fingerprint density at radius 3 is 2.60 bits per heavy atom. The number of tetrazole rings is 1. The van der Waals surface area contributed by atoms with Gasteiger partial charge in [0.1, 0.15) is 18.0 Å². The lowest BCUT2D eigenvalue weighted by atomic mass is 10.0. The van der Waals surface area contributed by atoms with Gasteiger partial charge >= 0.3 is 5.97 Å². The van der Waals surface area contributed by atoms with Crippen LogP contribution in [0.4, 0.5) is 4.39 Å². The van der Waals surface area contributed by atoms with Crippen molar-refractivity contribution in [3.05, 3.63) is 123 Å². The van der Waals surface area contributed by atoms with E-state index >= 15 is 0 Å². The van der Waals surface area contributed by atoms with Crippen LogP contribution in [0, 0.1) is 5.82 Å². The first-order chi connectivity index (χ1) is 19.4. The Morgan fingerprint density at radius 1 is 1.05 bits per heavy atom. The van der Waals surface area contributed by atoms with E-state index in [0.29, 0.717) is 45.1 Å². The van der Waals surface area contributed by atoms with Crippen molar-refractivity contribution in [3.63, 3.8) is 0 Å². The number of pyridine rings is 1. The number of carbonyl (C=O) groups is 1. The quantitative estimate of drug-likeness (QED) is 0.292. The van der Waals surface area contributed by atoms with Crippen molar-refractivity contribution in [2.45, 2.75) is 12.5 Å². The van der Waals surface area contributed by atoms with Crippen molar-refractivity contribution in [1.82, 2.24) is 34.7 Å². The Kier molecular flexibility index (Phi) is 6.40. The van der Waals surface area contributed by atoms with Crippen molar-refractivity contribution < 1.29 is 14.3 Å². The van der Waals surface area contributed by atoms with E-state index in [9.17, 15) is 19.1 Å². The average Bonchev–Trinajstić information content (AvgIpc) is 3.63. The maximum absolute atomic E-state index is 13.6. The Bertz CT molecular complexity index is 1920. The predicted molar refractivity (Wildman–Crippen MR) is 145 cm³/mol. The smallest absolute Gasteiger partial charge is 0.335 e. The topological polar surface area (TPSA) is 132 Å². The van der Waals surface area contributed by atoms with Gasteiger partial charge in [-0.25, -0.2) is 14.2 Å². The van der Waals surface area contributed by atoms with Crippen LogP contribution in [0.15, 0.2) is 90.1 Å². The van der Waals surface area contributed by atoms with Crippen molar-refractivity contribution in [2.75, 3.05) is 0 Å². The van der Waals surface area contributed by atoms with Gasteiger partial charge in [-0.3, -0.25) is 4.79 Å². The minimum absolute atomic E-state index is 0.0991. The molecule has 12 heteroatoms. The number of halogens is 2. The molecule has 0 bridgehead atoms. The number of rotatable bonds is 7.